The average molecular weight is 381 g/mol. The Bertz CT molecular complexity index is 791. The van der Waals surface area contributed by atoms with Crippen molar-refractivity contribution < 1.29 is 22.6 Å². The van der Waals surface area contributed by atoms with Crippen molar-refractivity contribution in [3.05, 3.63) is 30.0 Å². The van der Waals surface area contributed by atoms with Crippen LogP contribution in [-0.4, -0.2) is 35.6 Å². The lowest BCUT2D eigenvalue weighted by Crippen LogP contribution is -2.38. The number of aromatic nitrogens is 2. The zero-order valence-corrected chi connectivity index (χ0v) is 14.8. The number of hydrogen-bond donors (Lipinski definition) is 2. The predicted molar refractivity (Wildman–Crippen MR) is 93.7 cm³/mol. The van der Waals surface area contributed by atoms with Crippen molar-refractivity contribution in [1.82, 2.24) is 15.5 Å². The molecule has 0 spiro atoms. The molecule has 0 radical (unpaired) electrons. The van der Waals surface area contributed by atoms with E-state index in [1.54, 1.807) is 6.20 Å². The first kappa shape index (κ1) is 18.2. The summed E-state index contributed by atoms with van der Waals surface area (Å²) in [6.45, 7) is 1.51. The molecule has 2 heterocycles. The van der Waals surface area contributed by atoms with Crippen molar-refractivity contribution in [3.63, 3.8) is 0 Å². The van der Waals surface area contributed by atoms with Gasteiger partial charge in [-0.25, -0.2) is 0 Å². The molecule has 2 aliphatic rings. The number of alkyl halides is 3. The number of halogens is 3. The Kier molecular flexibility index (Phi) is 4.99. The van der Waals surface area contributed by atoms with Crippen molar-refractivity contribution in [2.45, 2.75) is 44.4 Å². The first-order chi connectivity index (χ1) is 13.0. The van der Waals surface area contributed by atoms with Crippen molar-refractivity contribution in [2.75, 3.05) is 13.2 Å². The molecule has 1 saturated carbocycles. The van der Waals surface area contributed by atoms with Crippen LogP contribution in [0.15, 0.2) is 24.4 Å². The lowest BCUT2D eigenvalue weighted by molar-refractivity contribution is -0.183. The summed E-state index contributed by atoms with van der Waals surface area (Å²) in [4.78, 5) is 0. The van der Waals surface area contributed by atoms with Crippen LogP contribution in [0.25, 0.3) is 11.3 Å². The third-order valence-electron chi connectivity index (χ3n) is 5.27. The summed E-state index contributed by atoms with van der Waals surface area (Å²) in [5, 5.41) is 10.4. The van der Waals surface area contributed by atoms with E-state index >= 15 is 0 Å². The maximum absolute atomic E-state index is 13.0. The SMILES string of the molecule is FC(F)(F)[C@@H]1CCC[C@@H](NCc2cn[nH]c2-c2ccc3c(c2)OCCO3)C1. The van der Waals surface area contributed by atoms with Crippen molar-refractivity contribution in [3.8, 4) is 22.8 Å². The van der Waals surface area contributed by atoms with Crippen molar-refractivity contribution in [1.29, 1.82) is 0 Å². The fraction of sp³-hybridized carbons (Fsp3) is 0.526. The van der Waals surface area contributed by atoms with Crippen LogP contribution in [-0.2, 0) is 6.54 Å². The second-order valence-corrected chi connectivity index (χ2v) is 7.11. The van der Waals surface area contributed by atoms with Gasteiger partial charge in [0, 0.05) is 23.7 Å². The van der Waals surface area contributed by atoms with E-state index < -0.39 is 12.1 Å². The van der Waals surface area contributed by atoms with E-state index in [2.05, 4.69) is 15.5 Å². The second-order valence-electron chi connectivity index (χ2n) is 7.11. The van der Waals surface area contributed by atoms with Gasteiger partial charge in [0.1, 0.15) is 13.2 Å². The minimum absolute atomic E-state index is 0.131. The van der Waals surface area contributed by atoms with E-state index in [4.69, 9.17) is 9.47 Å². The lowest BCUT2D eigenvalue weighted by Gasteiger charge is -2.31. The molecule has 1 fully saturated rings. The molecular formula is C19H22F3N3O2. The summed E-state index contributed by atoms with van der Waals surface area (Å²) in [5.41, 5.74) is 2.66. The number of benzene rings is 1. The summed E-state index contributed by atoms with van der Waals surface area (Å²) < 4.78 is 50.1. The third-order valence-corrected chi connectivity index (χ3v) is 5.27. The van der Waals surface area contributed by atoms with E-state index in [1.807, 2.05) is 18.2 Å². The second kappa shape index (κ2) is 7.42. The molecule has 0 unspecified atom stereocenters. The van der Waals surface area contributed by atoms with Gasteiger partial charge in [-0.05, 0) is 37.5 Å². The predicted octanol–water partition coefficient (Wildman–Crippen LogP) is 4.06. The molecule has 2 atom stereocenters. The summed E-state index contributed by atoms with van der Waals surface area (Å²) >= 11 is 0. The molecule has 0 bridgehead atoms. The first-order valence-electron chi connectivity index (χ1n) is 9.23. The Morgan fingerprint density at radius 3 is 2.78 bits per heavy atom. The third kappa shape index (κ3) is 4.05. The number of aromatic amines is 1. The highest BCUT2D eigenvalue weighted by Gasteiger charge is 2.42. The average Bonchev–Trinajstić information content (AvgIpc) is 3.14. The van der Waals surface area contributed by atoms with Gasteiger partial charge in [-0.2, -0.15) is 18.3 Å². The molecule has 8 heteroatoms. The van der Waals surface area contributed by atoms with Crippen LogP contribution >= 0.6 is 0 Å². The molecule has 0 amide bonds. The standard InChI is InChI=1S/C19H22F3N3O2/c20-19(21,22)14-2-1-3-15(9-14)23-10-13-11-24-25-18(13)12-4-5-16-17(8-12)27-7-6-26-16/h4-5,8,11,14-15,23H,1-3,6-7,9-10H2,(H,24,25)/t14-,15-/m1/s1. The van der Waals surface area contributed by atoms with Gasteiger partial charge in [0.25, 0.3) is 0 Å². The molecular weight excluding hydrogens is 359 g/mol. The van der Waals surface area contributed by atoms with Gasteiger partial charge in [0.2, 0.25) is 0 Å². The van der Waals surface area contributed by atoms with Crippen LogP contribution < -0.4 is 14.8 Å². The zero-order chi connectivity index (χ0) is 18.9. The van der Waals surface area contributed by atoms with Crippen LogP contribution in [0.5, 0.6) is 11.5 Å². The smallest absolute Gasteiger partial charge is 0.391 e. The Morgan fingerprint density at radius 2 is 1.96 bits per heavy atom. The number of H-pyrrole nitrogens is 1. The van der Waals surface area contributed by atoms with Gasteiger partial charge < -0.3 is 14.8 Å². The molecule has 0 saturated heterocycles. The summed E-state index contributed by atoms with van der Waals surface area (Å²) in [5.74, 6) is 0.197. The summed E-state index contributed by atoms with van der Waals surface area (Å²) in [6, 6.07) is 5.54. The Balaban J connectivity index is 1.44. The Labute approximate surface area is 155 Å². The molecule has 2 aromatic rings. The van der Waals surface area contributed by atoms with Crippen molar-refractivity contribution >= 4 is 0 Å². The van der Waals surface area contributed by atoms with Gasteiger partial charge in [-0.1, -0.05) is 6.42 Å². The largest absolute Gasteiger partial charge is 0.486 e. The highest BCUT2D eigenvalue weighted by molar-refractivity contribution is 5.66. The van der Waals surface area contributed by atoms with Crippen LogP contribution in [0.1, 0.15) is 31.2 Å². The van der Waals surface area contributed by atoms with Gasteiger partial charge in [-0.3, -0.25) is 5.10 Å². The molecule has 27 heavy (non-hydrogen) atoms. The van der Waals surface area contributed by atoms with Crippen LogP contribution in [0.2, 0.25) is 0 Å². The highest BCUT2D eigenvalue weighted by Crippen LogP contribution is 2.38. The fourth-order valence-electron chi connectivity index (χ4n) is 3.82. The summed E-state index contributed by atoms with van der Waals surface area (Å²) in [7, 11) is 0. The quantitative estimate of drug-likeness (QED) is 0.839. The maximum atomic E-state index is 13.0. The number of nitrogens with one attached hydrogen (secondary N) is 2. The molecule has 1 aliphatic heterocycles. The van der Waals surface area contributed by atoms with E-state index in [-0.39, 0.29) is 18.9 Å². The Morgan fingerprint density at radius 1 is 1.15 bits per heavy atom. The molecule has 1 aliphatic carbocycles. The molecule has 2 N–H and O–H groups in total. The fourth-order valence-corrected chi connectivity index (χ4v) is 3.82. The number of rotatable bonds is 4. The van der Waals surface area contributed by atoms with E-state index in [0.29, 0.717) is 37.7 Å². The van der Waals surface area contributed by atoms with E-state index in [0.717, 1.165) is 23.2 Å². The van der Waals surface area contributed by atoms with Gasteiger partial charge >= 0.3 is 6.18 Å². The van der Waals surface area contributed by atoms with Gasteiger partial charge in [0.15, 0.2) is 11.5 Å². The van der Waals surface area contributed by atoms with Crippen LogP contribution in [0.3, 0.4) is 0 Å². The molecule has 146 valence electrons. The Hall–Kier alpha value is -2.22. The minimum Gasteiger partial charge on any atom is -0.486 e. The number of ether oxygens (including phenoxy) is 2. The van der Waals surface area contributed by atoms with Gasteiger partial charge in [-0.15, -0.1) is 0 Å². The number of nitrogens with zero attached hydrogens (tertiary/aromatic N) is 1. The normalized spacial score (nSPS) is 22.6. The van der Waals surface area contributed by atoms with E-state index in [9.17, 15) is 13.2 Å². The maximum Gasteiger partial charge on any atom is 0.391 e. The van der Waals surface area contributed by atoms with Crippen LogP contribution in [0, 0.1) is 5.92 Å². The highest BCUT2D eigenvalue weighted by atomic mass is 19.4. The van der Waals surface area contributed by atoms with Crippen LogP contribution in [0.4, 0.5) is 13.2 Å². The minimum atomic E-state index is -4.10. The molecule has 5 nitrogen and oxygen atoms in total. The van der Waals surface area contributed by atoms with E-state index in [1.165, 1.54) is 0 Å². The molecule has 1 aromatic carbocycles. The molecule has 1 aromatic heterocycles. The first-order valence-corrected chi connectivity index (χ1v) is 9.23. The molecule has 4 rings (SSSR count). The monoisotopic (exact) mass is 381 g/mol. The van der Waals surface area contributed by atoms with Crippen molar-refractivity contribution in [2.24, 2.45) is 5.92 Å². The number of fused-ring (bicyclic) bond motifs is 1. The van der Waals surface area contributed by atoms with Gasteiger partial charge in [0.05, 0.1) is 17.8 Å². The number of hydrogen-bond acceptors (Lipinski definition) is 4. The lowest BCUT2D eigenvalue weighted by atomic mass is 9.85. The zero-order valence-electron chi connectivity index (χ0n) is 14.8. The topological polar surface area (TPSA) is 59.2 Å². The summed E-state index contributed by atoms with van der Waals surface area (Å²) in [6.07, 6.45) is -0.655.